The second-order valence-corrected chi connectivity index (χ2v) is 5.13. The average molecular weight is 270 g/mol. The van der Waals surface area contributed by atoms with Gasteiger partial charge in [0.15, 0.2) is 0 Å². The van der Waals surface area contributed by atoms with Crippen LogP contribution in [0.25, 0.3) is 0 Å². The molecular formula is C14H18N6. The van der Waals surface area contributed by atoms with E-state index in [-0.39, 0.29) is 0 Å². The molecule has 1 saturated carbocycles. The molecule has 104 valence electrons. The van der Waals surface area contributed by atoms with Gasteiger partial charge in [0, 0.05) is 18.3 Å². The van der Waals surface area contributed by atoms with Gasteiger partial charge in [0.1, 0.15) is 5.82 Å². The first-order valence-electron chi connectivity index (χ1n) is 6.90. The van der Waals surface area contributed by atoms with Crippen LogP contribution in [-0.2, 0) is 0 Å². The Bertz CT molecular complexity index is 541. The molecular weight excluding hydrogens is 252 g/mol. The Hall–Kier alpha value is -2.24. The van der Waals surface area contributed by atoms with Gasteiger partial charge in [-0.1, -0.05) is 6.07 Å². The van der Waals surface area contributed by atoms with Gasteiger partial charge in [-0.25, -0.2) is 9.97 Å². The molecule has 6 nitrogen and oxygen atoms in total. The molecule has 3 rings (SSSR count). The molecule has 0 aliphatic heterocycles. The molecule has 20 heavy (non-hydrogen) atoms. The summed E-state index contributed by atoms with van der Waals surface area (Å²) in [4.78, 5) is 8.53. The van der Waals surface area contributed by atoms with Crippen molar-refractivity contribution >= 4 is 11.8 Å². The maximum absolute atomic E-state index is 4.29. The first kappa shape index (κ1) is 12.8. The summed E-state index contributed by atoms with van der Waals surface area (Å²) < 4.78 is 0. The van der Waals surface area contributed by atoms with Crippen molar-refractivity contribution < 1.29 is 0 Å². The van der Waals surface area contributed by atoms with Gasteiger partial charge in [-0.15, -0.1) is 5.10 Å². The van der Waals surface area contributed by atoms with Crippen molar-refractivity contribution in [1.82, 2.24) is 20.2 Å². The third-order valence-electron chi connectivity index (χ3n) is 3.46. The fourth-order valence-electron chi connectivity index (χ4n) is 2.48. The molecule has 0 unspecified atom stereocenters. The summed E-state index contributed by atoms with van der Waals surface area (Å²) in [5, 5.41) is 14.9. The van der Waals surface area contributed by atoms with Gasteiger partial charge in [-0.2, -0.15) is 5.10 Å². The lowest BCUT2D eigenvalue weighted by Crippen LogP contribution is -2.22. The van der Waals surface area contributed by atoms with Gasteiger partial charge in [-0.05, 0) is 38.3 Å². The molecule has 0 radical (unpaired) electrons. The fraction of sp³-hybridized carbons (Fsp3) is 0.429. The highest BCUT2D eigenvalue weighted by Crippen LogP contribution is 2.24. The Balaban J connectivity index is 1.53. The minimum atomic E-state index is 0.390. The normalized spacial score (nSPS) is 21.6. The van der Waals surface area contributed by atoms with Gasteiger partial charge in [0.05, 0.1) is 11.9 Å². The van der Waals surface area contributed by atoms with Crippen molar-refractivity contribution in [1.29, 1.82) is 0 Å². The number of aromatic nitrogens is 4. The number of hydrogen-bond donors (Lipinski definition) is 2. The topological polar surface area (TPSA) is 75.6 Å². The van der Waals surface area contributed by atoms with E-state index in [9.17, 15) is 0 Å². The largest absolute Gasteiger partial charge is 0.367 e. The van der Waals surface area contributed by atoms with Crippen molar-refractivity contribution in [2.75, 3.05) is 10.6 Å². The van der Waals surface area contributed by atoms with E-state index in [1.165, 1.54) is 0 Å². The lowest BCUT2D eigenvalue weighted by Gasteiger charge is -2.14. The number of pyridine rings is 1. The summed E-state index contributed by atoms with van der Waals surface area (Å²) in [7, 11) is 0. The molecule has 1 aliphatic carbocycles. The lowest BCUT2D eigenvalue weighted by atomic mass is 10.2. The zero-order valence-electron chi connectivity index (χ0n) is 11.5. The summed E-state index contributed by atoms with van der Waals surface area (Å²) >= 11 is 0. The van der Waals surface area contributed by atoms with Crippen molar-refractivity contribution in [2.24, 2.45) is 0 Å². The standard InChI is InChI=1S/C14H18N6/c1-10-9-16-14(20-19-10)18-12-6-5-11(8-12)17-13-4-2-3-7-15-13/h2-4,7,9,11-12H,5-6,8H2,1H3,(H,15,17)(H,16,18,20)/t11-,12-/m0/s1. The number of rotatable bonds is 4. The Morgan fingerprint density at radius 1 is 1.05 bits per heavy atom. The Kier molecular flexibility index (Phi) is 3.71. The summed E-state index contributed by atoms with van der Waals surface area (Å²) in [6, 6.07) is 6.74. The van der Waals surface area contributed by atoms with Gasteiger partial charge >= 0.3 is 0 Å². The summed E-state index contributed by atoms with van der Waals surface area (Å²) in [6.07, 6.45) is 6.79. The van der Waals surface area contributed by atoms with Crippen LogP contribution >= 0.6 is 0 Å². The number of nitrogens with one attached hydrogen (secondary N) is 2. The first-order chi connectivity index (χ1) is 9.79. The third-order valence-corrected chi connectivity index (χ3v) is 3.46. The van der Waals surface area contributed by atoms with Crippen LogP contribution in [0.4, 0.5) is 11.8 Å². The molecule has 0 amide bonds. The van der Waals surface area contributed by atoms with Gasteiger partial charge in [-0.3, -0.25) is 0 Å². The van der Waals surface area contributed by atoms with Crippen LogP contribution in [0.2, 0.25) is 0 Å². The van der Waals surface area contributed by atoms with E-state index >= 15 is 0 Å². The predicted molar refractivity (Wildman–Crippen MR) is 77.5 cm³/mol. The van der Waals surface area contributed by atoms with E-state index < -0.39 is 0 Å². The van der Waals surface area contributed by atoms with E-state index in [0.717, 1.165) is 30.8 Å². The number of anilines is 2. The van der Waals surface area contributed by atoms with Crippen molar-refractivity contribution in [3.05, 3.63) is 36.3 Å². The Labute approximate surface area is 118 Å². The molecule has 0 aromatic carbocycles. The highest BCUT2D eigenvalue weighted by Gasteiger charge is 2.25. The molecule has 6 heteroatoms. The molecule has 2 aromatic heterocycles. The second kappa shape index (κ2) is 5.81. The molecule has 1 aliphatic rings. The van der Waals surface area contributed by atoms with Crippen LogP contribution in [0.15, 0.2) is 30.6 Å². The second-order valence-electron chi connectivity index (χ2n) is 5.13. The van der Waals surface area contributed by atoms with E-state index in [0.29, 0.717) is 18.0 Å². The number of nitrogens with zero attached hydrogens (tertiary/aromatic N) is 4. The van der Waals surface area contributed by atoms with Crippen molar-refractivity contribution in [3.63, 3.8) is 0 Å². The monoisotopic (exact) mass is 270 g/mol. The molecule has 0 spiro atoms. The maximum atomic E-state index is 4.29. The van der Waals surface area contributed by atoms with Crippen LogP contribution < -0.4 is 10.6 Å². The molecule has 0 saturated heterocycles. The molecule has 1 fully saturated rings. The molecule has 0 bridgehead atoms. The minimum Gasteiger partial charge on any atom is -0.367 e. The summed E-state index contributed by atoms with van der Waals surface area (Å²) in [6.45, 7) is 1.88. The highest BCUT2D eigenvalue weighted by atomic mass is 15.2. The Morgan fingerprint density at radius 3 is 2.60 bits per heavy atom. The van der Waals surface area contributed by atoms with Crippen LogP contribution in [0.1, 0.15) is 25.0 Å². The van der Waals surface area contributed by atoms with Crippen molar-refractivity contribution in [2.45, 2.75) is 38.3 Å². The number of aryl methyl sites for hydroxylation is 1. The number of hydrogen-bond acceptors (Lipinski definition) is 6. The van der Waals surface area contributed by atoms with Crippen LogP contribution in [0, 0.1) is 6.92 Å². The highest BCUT2D eigenvalue weighted by molar-refractivity contribution is 5.35. The maximum Gasteiger partial charge on any atom is 0.242 e. The van der Waals surface area contributed by atoms with Crippen molar-refractivity contribution in [3.8, 4) is 0 Å². The average Bonchev–Trinajstić information content (AvgIpc) is 2.90. The molecule has 2 atom stereocenters. The SMILES string of the molecule is Cc1cnc(N[C@H]2CC[C@H](Nc3ccccn3)C2)nn1. The van der Waals surface area contributed by atoms with E-state index in [1.807, 2.05) is 25.1 Å². The zero-order valence-corrected chi connectivity index (χ0v) is 11.5. The van der Waals surface area contributed by atoms with Gasteiger partial charge < -0.3 is 10.6 Å². The first-order valence-corrected chi connectivity index (χ1v) is 6.90. The minimum absolute atomic E-state index is 0.390. The quantitative estimate of drug-likeness (QED) is 0.885. The van der Waals surface area contributed by atoms with Gasteiger partial charge in [0.2, 0.25) is 5.95 Å². The molecule has 2 heterocycles. The van der Waals surface area contributed by atoms with Crippen LogP contribution in [0.5, 0.6) is 0 Å². The van der Waals surface area contributed by atoms with Crippen LogP contribution in [-0.4, -0.2) is 32.2 Å². The predicted octanol–water partition coefficient (Wildman–Crippen LogP) is 2.02. The fourth-order valence-corrected chi connectivity index (χ4v) is 2.48. The van der Waals surface area contributed by atoms with E-state index in [1.54, 1.807) is 12.4 Å². The zero-order chi connectivity index (χ0) is 13.8. The smallest absolute Gasteiger partial charge is 0.242 e. The summed E-state index contributed by atoms with van der Waals surface area (Å²) in [5.74, 6) is 1.55. The molecule has 2 aromatic rings. The lowest BCUT2D eigenvalue weighted by molar-refractivity contribution is 0.712. The Morgan fingerprint density at radius 2 is 1.90 bits per heavy atom. The van der Waals surface area contributed by atoms with E-state index in [4.69, 9.17) is 0 Å². The molecule has 2 N–H and O–H groups in total. The van der Waals surface area contributed by atoms with Gasteiger partial charge in [0.25, 0.3) is 0 Å². The third kappa shape index (κ3) is 3.20. The van der Waals surface area contributed by atoms with Crippen LogP contribution in [0.3, 0.4) is 0 Å². The summed E-state index contributed by atoms with van der Waals surface area (Å²) in [5.41, 5.74) is 0.830. The van der Waals surface area contributed by atoms with E-state index in [2.05, 4.69) is 30.8 Å².